The highest BCUT2D eigenvalue weighted by Gasteiger charge is 2.27. The molecule has 0 rings (SSSR count). The second kappa shape index (κ2) is 3.44. The molecule has 0 aromatic rings. The molecular formula is C3H11O4Si2. The van der Waals surface area contributed by atoms with E-state index in [1.165, 1.54) is 7.11 Å². The lowest BCUT2D eigenvalue weighted by molar-refractivity contribution is 0.231. The van der Waals surface area contributed by atoms with Crippen molar-refractivity contribution in [3.8, 4) is 0 Å². The Kier molecular flexibility index (Phi) is 3.55. The molecule has 4 nitrogen and oxygen atoms in total. The van der Waals surface area contributed by atoms with Crippen molar-refractivity contribution in [1.82, 2.24) is 0 Å². The van der Waals surface area contributed by atoms with E-state index in [-0.39, 0.29) is 0 Å². The van der Waals surface area contributed by atoms with Gasteiger partial charge in [-0.05, 0) is 13.1 Å². The number of rotatable bonds is 3. The van der Waals surface area contributed by atoms with E-state index >= 15 is 0 Å². The molecule has 0 amide bonds. The maximum Gasteiger partial charge on any atom is 0.562 e. The van der Waals surface area contributed by atoms with Crippen molar-refractivity contribution >= 4 is 18.1 Å². The summed E-state index contributed by atoms with van der Waals surface area (Å²) in [6.07, 6.45) is 0. The van der Waals surface area contributed by atoms with Crippen LogP contribution in [0, 0.1) is 0 Å². The molecule has 0 atom stereocenters. The summed E-state index contributed by atoms with van der Waals surface area (Å²) in [7, 11) is -3.27. The summed E-state index contributed by atoms with van der Waals surface area (Å²) < 4.78 is 9.59. The molecule has 0 bridgehead atoms. The molecule has 0 spiro atoms. The summed E-state index contributed by atoms with van der Waals surface area (Å²) >= 11 is 0. The van der Waals surface area contributed by atoms with Gasteiger partial charge in [-0.1, -0.05) is 0 Å². The van der Waals surface area contributed by atoms with E-state index in [2.05, 4.69) is 0 Å². The lowest BCUT2D eigenvalue weighted by Gasteiger charge is -2.19. The van der Waals surface area contributed by atoms with Gasteiger partial charge in [0.1, 0.15) is 0 Å². The number of hydrogen-bond acceptors (Lipinski definition) is 4. The van der Waals surface area contributed by atoms with Crippen LogP contribution in [0.4, 0.5) is 0 Å². The zero-order valence-electron chi connectivity index (χ0n) is 5.71. The molecule has 0 heterocycles. The van der Waals surface area contributed by atoms with E-state index in [0.29, 0.717) is 0 Å². The Morgan fingerprint density at radius 3 is 1.89 bits per heavy atom. The third-order valence-corrected chi connectivity index (χ3v) is 4.51. The van der Waals surface area contributed by atoms with Crippen LogP contribution < -0.4 is 0 Å². The predicted molar refractivity (Wildman–Crippen MR) is 35.8 cm³/mol. The predicted octanol–water partition coefficient (Wildman–Crippen LogP) is -0.679. The van der Waals surface area contributed by atoms with Crippen molar-refractivity contribution in [2.45, 2.75) is 13.1 Å². The Bertz CT molecular complexity index is 83.9. The van der Waals surface area contributed by atoms with Gasteiger partial charge in [0.05, 0.1) is 0 Å². The molecule has 0 unspecified atom stereocenters. The highest BCUT2D eigenvalue weighted by molar-refractivity contribution is 6.70. The fourth-order valence-electron chi connectivity index (χ4n) is 0.262. The normalized spacial score (nSPS) is 12.7. The van der Waals surface area contributed by atoms with E-state index in [9.17, 15) is 0 Å². The number of hydrogen-bond donors (Lipinski definition) is 2. The first-order chi connectivity index (χ1) is 3.98. The molecule has 0 saturated carbocycles. The standard InChI is InChI=1S/C3H11O4Si2/c1-6-9(2,3)7-8(4)5/h4-5H,1-3H3. The van der Waals surface area contributed by atoms with Gasteiger partial charge < -0.3 is 18.1 Å². The first-order valence-corrected chi connectivity index (χ1v) is 6.59. The van der Waals surface area contributed by atoms with E-state index in [4.69, 9.17) is 18.1 Å². The topological polar surface area (TPSA) is 58.9 Å². The fourth-order valence-corrected chi connectivity index (χ4v) is 2.35. The summed E-state index contributed by atoms with van der Waals surface area (Å²) in [6, 6.07) is 0. The van der Waals surface area contributed by atoms with E-state index < -0.39 is 18.1 Å². The lowest BCUT2D eigenvalue weighted by atomic mass is 11.8. The van der Waals surface area contributed by atoms with Gasteiger partial charge in [0.25, 0.3) is 0 Å². The quantitative estimate of drug-likeness (QED) is 0.547. The minimum absolute atomic E-state index is 1.50. The molecule has 0 aromatic heterocycles. The molecule has 0 aliphatic rings. The van der Waals surface area contributed by atoms with Crippen LogP contribution in [0.5, 0.6) is 0 Å². The molecule has 0 saturated heterocycles. The van der Waals surface area contributed by atoms with Crippen LogP contribution in [-0.2, 0) is 8.54 Å². The summed E-state index contributed by atoms with van der Waals surface area (Å²) in [5, 5.41) is 0. The average molecular weight is 167 g/mol. The zero-order valence-corrected chi connectivity index (χ0v) is 7.71. The minimum atomic E-state index is -2.57. The fraction of sp³-hybridized carbons (Fsp3) is 1.00. The molecular weight excluding hydrogens is 156 g/mol. The second-order valence-electron chi connectivity index (χ2n) is 1.99. The first kappa shape index (κ1) is 9.27. The van der Waals surface area contributed by atoms with Crippen LogP contribution in [0.15, 0.2) is 0 Å². The summed E-state index contributed by atoms with van der Waals surface area (Å²) in [5.74, 6) is 0. The lowest BCUT2D eigenvalue weighted by Crippen LogP contribution is -2.40. The van der Waals surface area contributed by atoms with Gasteiger partial charge in [-0.2, -0.15) is 0 Å². The van der Waals surface area contributed by atoms with Crippen molar-refractivity contribution in [3.05, 3.63) is 0 Å². The van der Waals surface area contributed by atoms with Crippen LogP contribution in [-0.4, -0.2) is 34.8 Å². The highest BCUT2D eigenvalue weighted by Crippen LogP contribution is 2.03. The maximum atomic E-state index is 8.41. The van der Waals surface area contributed by atoms with Gasteiger partial charge in [0.2, 0.25) is 0 Å². The van der Waals surface area contributed by atoms with Crippen molar-refractivity contribution in [2.75, 3.05) is 7.11 Å². The Hall–Kier alpha value is 0.274. The molecule has 0 aliphatic heterocycles. The van der Waals surface area contributed by atoms with Gasteiger partial charge in [-0.15, -0.1) is 0 Å². The first-order valence-electron chi connectivity index (χ1n) is 2.47. The van der Waals surface area contributed by atoms with Gasteiger partial charge in [0.15, 0.2) is 0 Å². The Morgan fingerprint density at radius 1 is 1.33 bits per heavy atom. The van der Waals surface area contributed by atoms with Crippen LogP contribution in [0.2, 0.25) is 13.1 Å². The minimum Gasteiger partial charge on any atom is -0.398 e. The Labute approximate surface area is 57.3 Å². The van der Waals surface area contributed by atoms with Gasteiger partial charge >= 0.3 is 18.1 Å². The molecule has 1 radical (unpaired) electrons. The Morgan fingerprint density at radius 2 is 1.78 bits per heavy atom. The van der Waals surface area contributed by atoms with Crippen LogP contribution >= 0.6 is 0 Å². The van der Waals surface area contributed by atoms with E-state index in [1.807, 2.05) is 0 Å². The SMILES string of the molecule is CO[Si](C)(C)O[Si](O)O. The van der Waals surface area contributed by atoms with Gasteiger partial charge in [-0.3, -0.25) is 0 Å². The van der Waals surface area contributed by atoms with Crippen molar-refractivity contribution in [3.63, 3.8) is 0 Å². The average Bonchev–Trinajstić information content (AvgIpc) is 1.63. The van der Waals surface area contributed by atoms with E-state index in [0.717, 1.165) is 0 Å². The van der Waals surface area contributed by atoms with Gasteiger partial charge in [0, 0.05) is 7.11 Å². The molecule has 2 N–H and O–H groups in total. The van der Waals surface area contributed by atoms with Crippen molar-refractivity contribution in [2.24, 2.45) is 0 Å². The summed E-state index contributed by atoms with van der Waals surface area (Å²) in [6.45, 7) is 3.48. The Balaban J connectivity index is 3.58. The zero-order chi connectivity index (χ0) is 7.49. The molecule has 6 heteroatoms. The monoisotopic (exact) mass is 167 g/mol. The van der Waals surface area contributed by atoms with Gasteiger partial charge in [-0.25, -0.2) is 0 Å². The molecule has 0 aromatic carbocycles. The molecule has 9 heavy (non-hydrogen) atoms. The van der Waals surface area contributed by atoms with E-state index in [1.54, 1.807) is 13.1 Å². The molecule has 55 valence electrons. The molecule has 0 aliphatic carbocycles. The van der Waals surface area contributed by atoms with Crippen LogP contribution in [0.3, 0.4) is 0 Å². The third kappa shape index (κ3) is 4.76. The maximum absolute atomic E-state index is 8.41. The largest absolute Gasteiger partial charge is 0.562 e. The summed E-state index contributed by atoms with van der Waals surface area (Å²) in [4.78, 5) is 16.8. The smallest absolute Gasteiger partial charge is 0.398 e. The van der Waals surface area contributed by atoms with Crippen LogP contribution in [0.1, 0.15) is 0 Å². The molecule has 0 fully saturated rings. The van der Waals surface area contributed by atoms with Crippen LogP contribution in [0.25, 0.3) is 0 Å². The van der Waals surface area contributed by atoms with Crippen molar-refractivity contribution < 1.29 is 18.1 Å². The third-order valence-electron chi connectivity index (χ3n) is 0.829. The summed E-state index contributed by atoms with van der Waals surface area (Å²) in [5.41, 5.74) is 0. The second-order valence-corrected chi connectivity index (χ2v) is 6.58. The van der Waals surface area contributed by atoms with Crippen molar-refractivity contribution in [1.29, 1.82) is 0 Å². The highest BCUT2D eigenvalue weighted by atomic mass is 28.4.